The highest BCUT2D eigenvalue weighted by atomic mass is 32.2. The summed E-state index contributed by atoms with van der Waals surface area (Å²) in [5, 5.41) is 4.51. The predicted octanol–water partition coefficient (Wildman–Crippen LogP) is 3.60. The second-order valence-electron chi connectivity index (χ2n) is 6.71. The number of hydrogen-bond donors (Lipinski definition) is 1. The van der Waals surface area contributed by atoms with Crippen molar-refractivity contribution in [3.63, 3.8) is 0 Å². The minimum atomic E-state index is 0.263. The first kappa shape index (κ1) is 14.2. The lowest BCUT2D eigenvalue weighted by Gasteiger charge is -2.46. The van der Waals surface area contributed by atoms with Crippen LogP contribution in [0.3, 0.4) is 0 Å². The van der Waals surface area contributed by atoms with Crippen molar-refractivity contribution in [2.45, 2.75) is 74.7 Å². The zero-order valence-corrected chi connectivity index (χ0v) is 13.1. The molecule has 2 saturated heterocycles. The first-order chi connectivity index (χ1) is 9.33. The van der Waals surface area contributed by atoms with Gasteiger partial charge in [-0.05, 0) is 57.2 Å². The van der Waals surface area contributed by atoms with Crippen LogP contribution >= 0.6 is 11.8 Å². The van der Waals surface area contributed by atoms with Crippen molar-refractivity contribution >= 4 is 11.8 Å². The number of thioether (sulfide) groups is 1. The highest BCUT2D eigenvalue weighted by Crippen LogP contribution is 2.43. The summed E-state index contributed by atoms with van der Waals surface area (Å²) in [4.78, 5) is 0. The Labute approximate surface area is 122 Å². The van der Waals surface area contributed by atoms with Crippen LogP contribution in [0.5, 0.6) is 0 Å². The van der Waals surface area contributed by atoms with E-state index in [0.717, 1.165) is 23.8 Å². The molecule has 2 nitrogen and oxygen atoms in total. The Morgan fingerprint density at radius 1 is 1.16 bits per heavy atom. The van der Waals surface area contributed by atoms with Gasteiger partial charge in [-0.3, -0.25) is 0 Å². The van der Waals surface area contributed by atoms with E-state index in [9.17, 15) is 0 Å². The van der Waals surface area contributed by atoms with Crippen molar-refractivity contribution in [1.29, 1.82) is 0 Å². The molecule has 0 radical (unpaired) electrons. The minimum Gasteiger partial charge on any atom is -0.375 e. The minimum absolute atomic E-state index is 0.263. The fourth-order valence-electron chi connectivity index (χ4n) is 4.53. The van der Waals surface area contributed by atoms with Gasteiger partial charge in [-0.1, -0.05) is 19.3 Å². The Morgan fingerprint density at radius 3 is 2.68 bits per heavy atom. The van der Waals surface area contributed by atoms with Crippen molar-refractivity contribution in [1.82, 2.24) is 5.32 Å². The summed E-state index contributed by atoms with van der Waals surface area (Å²) in [7, 11) is 2.17. The normalized spacial score (nSPS) is 36.5. The molecule has 1 N–H and O–H groups in total. The van der Waals surface area contributed by atoms with Crippen LogP contribution in [0, 0.1) is 5.92 Å². The predicted molar refractivity (Wildman–Crippen MR) is 82.8 cm³/mol. The van der Waals surface area contributed by atoms with Crippen LogP contribution in [-0.4, -0.2) is 36.3 Å². The van der Waals surface area contributed by atoms with Gasteiger partial charge < -0.3 is 10.1 Å². The molecule has 110 valence electrons. The third-order valence-electron chi connectivity index (χ3n) is 5.50. The lowest BCUT2D eigenvalue weighted by atomic mass is 9.73. The van der Waals surface area contributed by atoms with Crippen LogP contribution in [0.2, 0.25) is 0 Å². The third kappa shape index (κ3) is 3.14. The summed E-state index contributed by atoms with van der Waals surface area (Å²) in [6, 6.07) is 0.718. The van der Waals surface area contributed by atoms with E-state index < -0.39 is 0 Å². The van der Waals surface area contributed by atoms with Gasteiger partial charge >= 0.3 is 0 Å². The maximum Gasteiger partial charge on any atom is 0.0685 e. The Morgan fingerprint density at radius 2 is 2.00 bits per heavy atom. The molecule has 0 bridgehead atoms. The van der Waals surface area contributed by atoms with E-state index in [1.807, 2.05) is 0 Å². The van der Waals surface area contributed by atoms with Crippen LogP contribution in [0.1, 0.15) is 57.8 Å². The summed E-state index contributed by atoms with van der Waals surface area (Å²) in [6.45, 7) is 1.00. The lowest BCUT2D eigenvalue weighted by molar-refractivity contribution is -0.121. The van der Waals surface area contributed by atoms with Crippen molar-refractivity contribution < 1.29 is 4.74 Å². The summed E-state index contributed by atoms with van der Waals surface area (Å²) in [5.74, 6) is 2.21. The van der Waals surface area contributed by atoms with Gasteiger partial charge in [0.05, 0.1) is 5.60 Å². The first-order valence-electron chi connectivity index (χ1n) is 8.26. The molecular weight excluding hydrogens is 254 g/mol. The molecule has 19 heavy (non-hydrogen) atoms. The third-order valence-corrected chi connectivity index (χ3v) is 6.98. The summed E-state index contributed by atoms with van der Waals surface area (Å²) >= 11 is 2.20. The van der Waals surface area contributed by atoms with Gasteiger partial charge in [-0.2, -0.15) is 11.8 Å². The zero-order valence-electron chi connectivity index (χ0n) is 12.3. The SMILES string of the molecule is CNC(C1CCOC2(CCCCC2)C1)C1CCCS1. The van der Waals surface area contributed by atoms with E-state index >= 15 is 0 Å². The molecule has 2 aliphatic heterocycles. The molecule has 3 fully saturated rings. The number of nitrogens with one attached hydrogen (secondary N) is 1. The molecule has 2 heterocycles. The average Bonchev–Trinajstić information content (AvgIpc) is 2.95. The molecule has 0 aromatic heterocycles. The largest absolute Gasteiger partial charge is 0.375 e. The topological polar surface area (TPSA) is 21.3 Å². The Hall–Kier alpha value is 0.270. The van der Waals surface area contributed by atoms with Crippen LogP contribution in [-0.2, 0) is 4.74 Å². The quantitative estimate of drug-likeness (QED) is 0.855. The highest BCUT2D eigenvalue weighted by molar-refractivity contribution is 8.00. The average molecular weight is 283 g/mol. The van der Waals surface area contributed by atoms with Gasteiger partial charge in [0.2, 0.25) is 0 Å². The molecule has 3 heteroatoms. The van der Waals surface area contributed by atoms with Crippen LogP contribution in [0.4, 0.5) is 0 Å². The Bertz CT molecular complexity index is 279. The van der Waals surface area contributed by atoms with Gasteiger partial charge in [0.25, 0.3) is 0 Å². The van der Waals surface area contributed by atoms with E-state index in [-0.39, 0.29) is 5.60 Å². The van der Waals surface area contributed by atoms with Gasteiger partial charge in [0.15, 0.2) is 0 Å². The van der Waals surface area contributed by atoms with Crippen LogP contribution in [0.25, 0.3) is 0 Å². The molecule has 0 amide bonds. The second kappa shape index (κ2) is 6.36. The van der Waals surface area contributed by atoms with E-state index in [1.54, 1.807) is 0 Å². The van der Waals surface area contributed by atoms with Gasteiger partial charge in [0.1, 0.15) is 0 Å². The first-order valence-corrected chi connectivity index (χ1v) is 9.31. The number of ether oxygens (including phenoxy) is 1. The van der Waals surface area contributed by atoms with Gasteiger partial charge in [0, 0.05) is 17.9 Å². The fraction of sp³-hybridized carbons (Fsp3) is 1.00. The summed E-state index contributed by atoms with van der Waals surface area (Å²) < 4.78 is 6.26. The number of hydrogen-bond acceptors (Lipinski definition) is 3. The monoisotopic (exact) mass is 283 g/mol. The molecule has 1 saturated carbocycles. The van der Waals surface area contributed by atoms with Crippen LogP contribution in [0.15, 0.2) is 0 Å². The van der Waals surface area contributed by atoms with Crippen molar-refractivity contribution in [2.75, 3.05) is 19.4 Å². The molecule has 1 aliphatic carbocycles. The second-order valence-corrected chi connectivity index (χ2v) is 8.06. The summed E-state index contributed by atoms with van der Waals surface area (Å²) in [6.07, 6.45) is 12.2. The summed E-state index contributed by atoms with van der Waals surface area (Å²) in [5.41, 5.74) is 0.263. The standard InChI is InChI=1S/C16H29NOS/c1-17-15(14-6-5-11-19-14)13-7-10-18-16(12-13)8-3-2-4-9-16/h13-15,17H,2-12H2,1H3. The molecular formula is C16H29NOS. The molecule has 3 atom stereocenters. The van der Waals surface area contributed by atoms with Gasteiger partial charge in [-0.15, -0.1) is 0 Å². The van der Waals surface area contributed by atoms with E-state index in [4.69, 9.17) is 4.74 Å². The highest BCUT2D eigenvalue weighted by Gasteiger charge is 2.42. The molecule has 3 unspecified atom stereocenters. The molecule has 0 aromatic carbocycles. The fourth-order valence-corrected chi connectivity index (χ4v) is 6.06. The Balaban J connectivity index is 1.65. The van der Waals surface area contributed by atoms with Crippen LogP contribution < -0.4 is 5.32 Å². The molecule has 0 aromatic rings. The van der Waals surface area contributed by atoms with E-state index in [0.29, 0.717) is 0 Å². The Kier molecular flexibility index (Phi) is 4.76. The van der Waals surface area contributed by atoms with E-state index in [2.05, 4.69) is 24.1 Å². The smallest absolute Gasteiger partial charge is 0.0685 e. The maximum atomic E-state index is 6.26. The number of rotatable bonds is 3. The van der Waals surface area contributed by atoms with Crippen molar-refractivity contribution in [3.8, 4) is 0 Å². The zero-order chi connectivity index (χ0) is 13.1. The van der Waals surface area contributed by atoms with Gasteiger partial charge in [-0.25, -0.2) is 0 Å². The van der Waals surface area contributed by atoms with E-state index in [1.165, 1.54) is 63.5 Å². The molecule has 1 spiro atoms. The van der Waals surface area contributed by atoms with Crippen molar-refractivity contribution in [3.05, 3.63) is 0 Å². The molecule has 3 rings (SSSR count). The van der Waals surface area contributed by atoms with Crippen molar-refractivity contribution in [2.24, 2.45) is 5.92 Å². The molecule has 3 aliphatic rings. The lowest BCUT2D eigenvalue weighted by Crippen LogP contribution is -2.50. The maximum absolute atomic E-state index is 6.26.